The molecule has 1 unspecified atom stereocenters. The van der Waals surface area contributed by atoms with Crippen LogP contribution in [0.2, 0.25) is 0 Å². The van der Waals surface area contributed by atoms with E-state index < -0.39 is 0 Å². The molecule has 2 nitrogen and oxygen atoms in total. The summed E-state index contributed by atoms with van der Waals surface area (Å²) < 4.78 is 0. The van der Waals surface area contributed by atoms with E-state index in [-0.39, 0.29) is 11.7 Å². The number of nitriles is 1. The van der Waals surface area contributed by atoms with E-state index in [0.29, 0.717) is 5.56 Å². The van der Waals surface area contributed by atoms with Crippen molar-refractivity contribution in [3.05, 3.63) is 57.8 Å². The van der Waals surface area contributed by atoms with Crippen molar-refractivity contribution in [3.63, 3.8) is 0 Å². The van der Waals surface area contributed by atoms with Crippen molar-refractivity contribution in [2.24, 2.45) is 0 Å². The van der Waals surface area contributed by atoms with Crippen molar-refractivity contribution >= 4 is 17.1 Å². The van der Waals surface area contributed by atoms with Gasteiger partial charge in [-0.2, -0.15) is 5.26 Å². The van der Waals surface area contributed by atoms with Crippen LogP contribution in [0.15, 0.2) is 41.8 Å². The van der Waals surface area contributed by atoms with E-state index in [1.807, 2.05) is 36.6 Å². The molecule has 0 aliphatic carbocycles. The Labute approximate surface area is 104 Å². The predicted octanol–water partition coefficient (Wildman–Crippen LogP) is 3.61. The molecular formula is C14H11NOS. The number of hydrogen-bond donors (Lipinski definition) is 0. The molecule has 1 heterocycles. The number of nitrogens with zero attached hydrogens (tertiary/aromatic N) is 1. The topological polar surface area (TPSA) is 40.9 Å². The minimum Gasteiger partial charge on any atom is -0.288 e. The zero-order valence-corrected chi connectivity index (χ0v) is 10.2. The highest BCUT2D eigenvalue weighted by Gasteiger charge is 2.12. The van der Waals surface area contributed by atoms with Crippen molar-refractivity contribution in [1.29, 1.82) is 5.26 Å². The molecule has 0 aliphatic rings. The summed E-state index contributed by atoms with van der Waals surface area (Å²) in [5.74, 6) is -0.168. The standard InChI is InChI=1S/C14H11NOS/c1-10(9-15)11-4-2-5-12(8-11)14(16)13-6-3-7-17-13/h2-8,10H,1H3. The van der Waals surface area contributed by atoms with E-state index >= 15 is 0 Å². The largest absolute Gasteiger partial charge is 0.288 e. The molecule has 0 aliphatic heterocycles. The molecule has 1 aromatic carbocycles. The summed E-state index contributed by atoms with van der Waals surface area (Å²) in [6.07, 6.45) is 0. The fraction of sp³-hybridized carbons (Fsp3) is 0.143. The van der Waals surface area contributed by atoms with E-state index in [2.05, 4.69) is 6.07 Å². The van der Waals surface area contributed by atoms with Crippen LogP contribution in [0.25, 0.3) is 0 Å². The smallest absolute Gasteiger partial charge is 0.202 e. The van der Waals surface area contributed by atoms with Crippen LogP contribution in [-0.4, -0.2) is 5.78 Å². The second-order valence-corrected chi connectivity index (χ2v) is 4.73. The Bertz CT molecular complexity index is 566. The van der Waals surface area contributed by atoms with E-state index in [0.717, 1.165) is 10.4 Å². The molecule has 0 spiro atoms. The molecule has 0 bridgehead atoms. The average Bonchev–Trinajstić information content (AvgIpc) is 2.91. The number of benzene rings is 1. The molecule has 1 atom stereocenters. The lowest BCUT2D eigenvalue weighted by atomic mass is 9.98. The first-order chi connectivity index (χ1) is 8.22. The van der Waals surface area contributed by atoms with E-state index in [1.54, 1.807) is 12.1 Å². The first kappa shape index (κ1) is 11.6. The van der Waals surface area contributed by atoms with Gasteiger partial charge in [0.1, 0.15) is 0 Å². The Balaban J connectivity index is 2.35. The van der Waals surface area contributed by atoms with Gasteiger partial charge in [0.2, 0.25) is 5.78 Å². The molecule has 0 fully saturated rings. The number of carbonyl (C=O) groups excluding carboxylic acids is 1. The van der Waals surface area contributed by atoms with Crippen molar-refractivity contribution in [2.45, 2.75) is 12.8 Å². The van der Waals surface area contributed by atoms with Gasteiger partial charge in [-0.05, 0) is 30.0 Å². The van der Waals surface area contributed by atoms with Gasteiger partial charge in [0.25, 0.3) is 0 Å². The summed E-state index contributed by atoms with van der Waals surface area (Å²) in [7, 11) is 0. The highest BCUT2D eigenvalue weighted by atomic mass is 32.1. The van der Waals surface area contributed by atoms with Crippen LogP contribution in [0, 0.1) is 11.3 Å². The van der Waals surface area contributed by atoms with Gasteiger partial charge < -0.3 is 0 Å². The lowest BCUT2D eigenvalue weighted by Gasteiger charge is -2.04. The van der Waals surface area contributed by atoms with Gasteiger partial charge in [-0.3, -0.25) is 4.79 Å². The van der Waals surface area contributed by atoms with Crippen LogP contribution in [-0.2, 0) is 0 Å². The molecule has 0 amide bonds. The predicted molar refractivity (Wildman–Crippen MR) is 68.2 cm³/mol. The molecule has 0 saturated carbocycles. The van der Waals surface area contributed by atoms with Gasteiger partial charge in [-0.25, -0.2) is 0 Å². The first-order valence-electron chi connectivity index (χ1n) is 5.30. The molecule has 2 rings (SSSR count). The number of thiophene rings is 1. The second-order valence-electron chi connectivity index (χ2n) is 3.78. The lowest BCUT2D eigenvalue weighted by molar-refractivity contribution is 0.104. The van der Waals surface area contributed by atoms with Crippen molar-refractivity contribution in [1.82, 2.24) is 0 Å². The Hall–Kier alpha value is -1.92. The number of hydrogen-bond acceptors (Lipinski definition) is 3. The summed E-state index contributed by atoms with van der Waals surface area (Å²) in [6.45, 7) is 1.83. The Morgan fingerprint density at radius 3 is 2.82 bits per heavy atom. The molecule has 0 saturated heterocycles. The second kappa shape index (κ2) is 4.94. The molecular weight excluding hydrogens is 230 g/mol. The quantitative estimate of drug-likeness (QED) is 0.770. The number of ketones is 1. The summed E-state index contributed by atoms with van der Waals surface area (Å²) >= 11 is 1.43. The van der Waals surface area contributed by atoms with Gasteiger partial charge in [-0.1, -0.05) is 24.3 Å². The Morgan fingerprint density at radius 1 is 1.35 bits per heavy atom. The summed E-state index contributed by atoms with van der Waals surface area (Å²) in [5.41, 5.74) is 1.53. The van der Waals surface area contributed by atoms with Gasteiger partial charge in [0.05, 0.1) is 16.9 Å². The molecule has 84 valence electrons. The lowest BCUT2D eigenvalue weighted by Crippen LogP contribution is -2.00. The van der Waals surface area contributed by atoms with Crippen molar-refractivity contribution in [3.8, 4) is 6.07 Å². The SMILES string of the molecule is CC(C#N)c1cccc(C(=O)c2cccs2)c1. The summed E-state index contributed by atoms with van der Waals surface area (Å²) in [5, 5.41) is 10.8. The van der Waals surface area contributed by atoms with Crippen LogP contribution in [0.3, 0.4) is 0 Å². The molecule has 17 heavy (non-hydrogen) atoms. The van der Waals surface area contributed by atoms with E-state index in [1.165, 1.54) is 11.3 Å². The third-order valence-corrected chi connectivity index (χ3v) is 3.46. The molecule has 1 aromatic heterocycles. The maximum absolute atomic E-state index is 12.1. The van der Waals surface area contributed by atoms with Crippen LogP contribution >= 0.6 is 11.3 Å². The highest BCUT2D eigenvalue weighted by Crippen LogP contribution is 2.19. The third-order valence-electron chi connectivity index (χ3n) is 2.59. The first-order valence-corrected chi connectivity index (χ1v) is 6.18. The molecule has 0 N–H and O–H groups in total. The van der Waals surface area contributed by atoms with Crippen LogP contribution in [0.1, 0.15) is 33.6 Å². The monoisotopic (exact) mass is 241 g/mol. The van der Waals surface area contributed by atoms with Gasteiger partial charge in [0, 0.05) is 5.56 Å². The fourth-order valence-corrected chi connectivity index (χ4v) is 2.26. The van der Waals surface area contributed by atoms with Crippen molar-refractivity contribution < 1.29 is 4.79 Å². The number of carbonyl (C=O) groups is 1. The van der Waals surface area contributed by atoms with Crippen LogP contribution < -0.4 is 0 Å². The van der Waals surface area contributed by atoms with Gasteiger partial charge >= 0.3 is 0 Å². The highest BCUT2D eigenvalue weighted by molar-refractivity contribution is 7.12. The number of rotatable bonds is 3. The van der Waals surface area contributed by atoms with E-state index in [4.69, 9.17) is 5.26 Å². The van der Waals surface area contributed by atoms with E-state index in [9.17, 15) is 4.79 Å². The summed E-state index contributed by atoms with van der Waals surface area (Å²) in [4.78, 5) is 12.8. The van der Waals surface area contributed by atoms with Gasteiger partial charge in [0.15, 0.2) is 0 Å². The minimum atomic E-state index is -0.189. The molecule has 3 heteroatoms. The Morgan fingerprint density at radius 2 is 2.18 bits per heavy atom. The fourth-order valence-electron chi connectivity index (χ4n) is 1.57. The molecule has 0 radical (unpaired) electrons. The normalized spacial score (nSPS) is 11.8. The minimum absolute atomic E-state index is 0.0204. The zero-order chi connectivity index (χ0) is 12.3. The average molecular weight is 241 g/mol. The van der Waals surface area contributed by atoms with Crippen LogP contribution in [0.5, 0.6) is 0 Å². The Kier molecular flexibility index (Phi) is 3.36. The maximum Gasteiger partial charge on any atom is 0.202 e. The maximum atomic E-state index is 12.1. The molecule has 2 aromatic rings. The third kappa shape index (κ3) is 2.43. The van der Waals surface area contributed by atoms with Gasteiger partial charge in [-0.15, -0.1) is 11.3 Å². The zero-order valence-electron chi connectivity index (χ0n) is 9.38. The summed E-state index contributed by atoms with van der Waals surface area (Å²) in [6, 6.07) is 13.1. The van der Waals surface area contributed by atoms with Crippen molar-refractivity contribution in [2.75, 3.05) is 0 Å². The van der Waals surface area contributed by atoms with Crippen LogP contribution in [0.4, 0.5) is 0 Å².